The monoisotopic (exact) mass is 316 g/mol. The quantitative estimate of drug-likeness (QED) is 0.673. The van der Waals surface area contributed by atoms with E-state index < -0.39 is 38.9 Å². The first kappa shape index (κ1) is 15.2. The minimum Gasteiger partial charge on any atom is -0.398 e. The Balaban J connectivity index is 2.24. The molecule has 0 aliphatic carbocycles. The number of halogens is 3. The first-order valence-corrected chi connectivity index (χ1v) is 7.42. The molecule has 8 heteroatoms. The van der Waals surface area contributed by atoms with Crippen molar-refractivity contribution < 1.29 is 21.6 Å². The van der Waals surface area contributed by atoms with Gasteiger partial charge in [-0.25, -0.2) is 21.6 Å². The Morgan fingerprint density at radius 3 is 2.19 bits per heavy atom. The summed E-state index contributed by atoms with van der Waals surface area (Å²) < 4.78 is 64.7. The molecule has 2 aromatic carbocycles. The highest BCUT2D eigenvalue weighted by Gasteiger charge is 2.17. The molecule has 0 spiro atoms. The first-order chi connectivity index (χ1) is 9.78. The van der Waals surface area contributed by atoms with Gasteiger partial charge in [0.05, 0.1) is 11.4 Å². The number of benzene rings is 2. The van der Waals surface area contributed by atoms with Gasteiger partial charge in [-0.3, -0.25) is 4.72 Å². The Morgan fingerprint density at radius 2 is 1.62 bits per heavy atom. The number of para-hydroxylation sites is 1. The summed E-state index contributed by atoms with van der Waals surface area (Å²) in [4.78, 5) is 0. The van der Waals surface area contributed by atoms with Gasteiger partial charge in [-0.2, -0.15) is 0 Å². The van der Waals surface area contributed by atoms with Gasteiger partial charge in [0, 0.05) is 17.8 Å². The number of anilines is 2. The van der Waals surface area contributed by atoms with Crippen LogP contribution in [0.25, 0.3) is 0 Å². The maximum atomic E-state index is 13.0. The number of nitrogens with one attached hydrogen (secondary N) is 1. The Bertz CT molecular complexity index is 756. The van der Waals surface area contributed by atoms with Crippen LogP contribution in [-0.2, 0) is 15.8 Å². The summed E-state index contributed by atoms with van der Waals surface area (Å²) in [6.07, 6.45) is 0. The maximum absolute atomic E-state index is 13.0. The number of rotatable bonds is 4. The summed E-state index contributed by atoms with van der Waals surface area (Å²) in [5, 5.41) is 0. The highest BCUT2D eigenvalue weighted by molar-refractivity contribution is 7.91. The Morgan fingerprint density at radius 1 is 1.05 bits per heavy atom. The number of nitrogen functional groups attached to an aromatic ring is 1. The average Bonchev–Trinajstić information content (AvgIpc) is 2.38. The molecule has 0 aliphatic heterocycles. The number of nitrogens with two attached hydrogens (primary N) is 1. The average molecular weight is 316 g/mol. The second-order valence-corrected chi connectivity index (χ2v) is 6.04. The zero-order valence-corrected chi connectivity index (χ0v) is 11.4. The van der Waals surface area contributed by atoms with E-state index in [-0.39, 0.29) is 5.69 Å². The molecule has 21 heavy (non-hydrogen) atoms. The Labute approximate surface area is 119 Å². The van der Waals surface area contributed by atoms with E-state index in [0.717, 1.165) is 0 Å². The van der Waals surface area contributed by atoms with Crippen LogP contribution in [0.5, 0.6) is 0 Å². The number of hydrogen-bond donors (Lipinski definition) is 2. The van der Waals surface area contributed by atoms with Gasteiger partial charge in [-0.15, -0.1) is 0 Å². The lowest BCUT2D eigenvalue weighted by atomic mass is 10.2. The second kappa shape index (κ2) is 5.65. The molecule has 0 aromatic heterocycles. The standard InChI is InChI=1S/C13H11F3N2O2S/c14-10-5-9(6-11(15)13(10)16)18-21(19,20)7-8-3-1-2-4-12(8)17/h1-6,18H,7,17H2. The molecular weight excluding hydrogens is 305 g/mol. The molecule has 0 unspecified atom stereocenters. The van der Waals surface area contributed by atoms with Gasteiger partial charge in [0.25, 0.3) is 0 Å². The van der Waals surface area contributed by atoms with Gasteiger partial charge in [-0.05, 0) is 11.6 Å². The Hall–Kier alpha value is -2.22. The minimum atomic E-state index is -3.94. The summed E-state index contributed by atoms with van der Waals surface area (Å²) in [6.45, 7) is 0. The third-order valence-corrected chi connectivity index (χ3v) is 3.90. The van der Waals surface area contributed by atoms with Gasteiger partial charge >= 0.3 is 0 Å². The van der Waals surface area contributed by atoms with Crippen LogP contribution in [0, 0.1) is 17.5 Å². The minimum absolute atomic E-state index is 0.277. The molecule has 0 atom stereocenters. The smallest absolute Gasteiger partial charge is 0.236 e. The fourth-order valence-electron chi connectivity index (χ4n) is 1.70. The van der Waals surface area contributed by atoms with Gasteiger partial charge in [0.2, 0.25) is 10.0 Å². The van der Waals surface area contributed by atoms with E-state index in [0.29, 0.717) is 17.7 Å². The second-order valence-electron chi connectivity index (χ2n) is 4.31. The molecule has 0 fully saturated rings. The third-order valence-electron chi connectivity index (χ3n) is 2.66. The molecule has 4 nitrogen and oxygen atoms in total. The van der Waals surface area contributed by atoms with E-state index >= 15 is 0 Å². The van der Waals surface area contributed by atoms with Gasteiger partial charge in [0.1, 0.15) is 0 Å². The van der Waals surface area contributed by atoms with Crippen LogP contribution in [0.3, 0.4) is 0 Å². The molecule has 0 aliphatic rings. The van der Waals surface area contributed by atoms with Crippen molar-refractivity contribution in [2.45, 2.75) is 5.75 Å². The van der Waals surface area contributed by atoms with Crippen LogP contribution in [0.4, 0.5) is 24.5 Å². The summed E-state index contributed by atoms with van der Waals surface area (Å²) in [5.41, 5.74) is 5.84. The van der Waals surface area contributed by atoms with E-state index in [1.165, 1.54) is 12.1 Å². The van der Waals surface area contributed by atoms with Gasteiger partial charge < -0.3 is 5.73 Å². The predicted octanol–water partition coefficient (Wildman–Crippen LogP) is 2.63. The molecule has 0 saturated heterocycles. The van der Waals surface area contributed by atoms with Gasteiger partial charge in [0.15, 0.2) is 17.5 Å². The predicted molar refractivity (Wildman–Crippen MR) is 73.4 cm³/mol. The van der Waals surface area contributed by atoms with Crippen LogP contribution in [0.1, 0.15) is 5.56 Å². The summed E-state index contributed by atoms with van der Waals surface area (Å²) in [6, 6.07) is 7.42. The van der Waals surface area contributed by atoms with Crippen LogP contribution >= 0.6 is 0 Å². The maximum Gasteiger partial charge on any atom is 0.236 e. The summed E-state index contributed by atoms with van der Waals surface area (Å²) >= 11 is 0. The van der Waals surface area contributed by atoms with E-state index in [9.17, 15) is 21.6 Å². The molecule has 112 valence electrons. The highest BCUT2D eigenvalue weighted by Crippen LogP contribution is 2.20. The molecule has 0 saturated carbocycles. The van der Waals surface area contributed by atoms with E-state index in [1.807, 2.05) is 4.72 Å². The number of sulfonamides is 1. The van der Waals surface area contributed by atoms with Crippen molar-refractivity contribution in [1.82, 2.24) is 0 Å². The summed E-state index contributed by atoms with van der Waals surface area (Å²) in [7, 11) is -3.94. The fraction of sp³-hybridized carbons (Fsp3) is 0.0769. The number of hydrogen-bond acceptors (Lipinski definition) is 3. The van der Waals surface area contributed by atoms with Crippen molar-refractivity contribution in [3.63, 3.8) is 0 Å². The summed E-state index contributed by atoms with van der Waals surface area (Å²) in [5.74, 6) is -5.09. The van der Waals surface area contributed by atoms with Crippen LogP contribution in [-0.4, -0.2) is 8.42 Å². The van der Waals surface area contributed by atoms with E-state index in [1.54, 1.807) is 12.1 Å². The van der Waals surface area contributed by atoms with Crippen molar-refractivity contribution in [1.29, 1.82) is 0 Å². The third kappa shape index (κ3) is 3.66. The van der Waals surface area contributed by atoms with Crippen molar-refractivity contribution in [3.8, 4) is 0 Å². The normalized spacial score (nSPS) is 11.4. The molecule has 0 radical (unpaired) electrons. The molecular formula is C13H11F3N2O2S. The lowest BCUT2D eigenvalue weighted by Gasteiger charge is -2.10. The highest BCUT2D eigenvalue weighted by atomic mass is 32.2. The van der Waals surface area contributed by atoms with Crippen LogP contribution < -0.4 is 10.5 Å². The van der Waals surface area contributed by atoms with Crippen molar-refractivity contribution in [2.75, 3.05) is 10.5 Å². The van der Waals surface area contributed by atoms with E-state index in [2.05, 4.69) is 0 Å². The van der Waals surface area contributed by atoms with Crippen LogP contribution in [0.15, 0.2) is 36.4 Å². The Kier molecular flexibility index (Phi) is 4.08. The molecule has 2 rings (SSSR count). The molecule has 0 amide bonds. The van der Waals surface area contributed by atoms with E-state index in [4.69, 9.17) is 5.73 Å². The zero-order chi connectivity index (χ0) is 15.6. The van der Waals surface area contributed by atoms with Crippen molar-refractivity contribution in [2.24, 2.45) is 0 Å². The van der Waals surface area contributed by atoms with Crippen molar-refractivity contribution in [3.05, 3.63) is 59.4 Å². The largest absolute Gasteiger partial charge is 0.398 e. The molecule has 3 N–H and O–H groups in total. The van der Waals surface area contributed by atoms with Crippen molar-refractivity contribution >= 4 is 21.4 Å². The lowest BCUT2D eigenvalue weighted by molar-refractivity contribution is 0.448. The molecule has 0 bridgehead atoms. The first-order valence-electron chi connectivity index (χ1n) is 5.77. The lowest BCUT2D eigenvalue weighted by Crippen LogP contribution is -2.16. The van der Waals surface area contributed by atoms with Gasteiger partial charge in [-0.1, -0.05) is 18.2 Å². The fourth-order valence-corrected chi connectivity index (χ4v) is 2.92. The zero-order valence-electron chi connectivity index (χ0n) is 10.6. The molecule has 0 heterocycles. The SMILES string of the molecule is Nc1ccccc1CS(=O)(=O)Nc1cc(F)c(F)c(F)c1. The molecule has 2 aromatic rings. The topological polar surface area (TPSA) is 72.2 Å². The van der Waals surface area contributed by atoms with Crippen LogP contribution in [0.2, 0.25) is 0 Å².